The van der Waals surface area contributed by atoms with Gasteiger partial charge in [0, 0.05) is 29.6 Å². The van der Waals surface area contributed by atoms with E-state index in [0.717, 1.165) is 38.9 Å². The van der Waals surface area contributed by atoms with Crippen molar-refractivity contribution >= 4 is 34.4 Å². The van der Waals surface area contributed by atoms with Gasteiger partial charge in [-0.1, -0.05) is 90.5 Å². The van der Waals surface area contributed by atoms with Gasteiger partial charge in [0.15, 0.2) is 0 Å². The number of carbonyl (C=O) groups is 3. The highest BCUT2D eigenvalue weighted by atomic mass is 16.2. The van der Waals surface area contributed by atoms with Crippen LogP contribution in [0.5, 0.6) is 0 Å². The summed E-state index contributed by atoms with van der Waals surface area (Å²) >= 11 is 0. The molecule has 5 aromatic rings. The molecule has 1 fully saturated rings. The lowest BCUT2D eigenvalue weighted by atomic mass is 9.89. The number of rotatable bonds is 5. The molecule has 1 aromatic heterocycles. The largest absolute Gasteiger partial charge is 0.356 e. The molecule has 7 rings (SSSR count). The molecule has 2 aliphatic rings. The van der Waals surface area contributed by atoms with Crippen molar-refractivity contribution in [1.82, 2.24) is 15.2 Å². The van der Waals surface area contributed by atoms with Crippen molar-refractivity contribution in [2.75, 3.05) is 4.90 Å². The third kappa shape index (κ3) is 4.09. The van der Waals surface area contributed by atoms with Gasteiger partial charge in [-0.05, 0) is 41.8 Å². The van der Waals surface area contributed by atoms with Crippen molar-refractivity contribution in [1.29, 1.82) is 0 Å². The highest BCUT2D eigenvalue weighted by molar-refractivity contribution is 6.24. The fraction of sp³-hybridized carbons (Fsp3) is 0.147. The van der Waals surface area contributed by atoms with E-state index in [1.807, 2.05) is 79.7 Å². The number of aryl methyl sites for hydroxylation is 1. The van der Waals surface area contributed by atoms with Crippen LogP contribution < -0.4 is 10.2 Å². The third-order valence-corrected chi connectivity index (χ3v) is 8.13. The Morgan fingerprint density at radius 2 is 1.59 bits per heavy atom. The first kappa shape index (κ1) is 24.8. The lowest BCUT2D eigenvalue weighted by Gasteiger charge is -2.36. The zero-order valence-corrected chi connectivity index (χ0v) is 22.5. The van der Waals surface area contributed by atoms with Gasteiger partial charge in [0.2, 0.25) is 0 Å². The molecule has 7 heteroatoms. The van der Waals surface area contributed by atoms with Crippen LogP contribution in [0.15, 0.2) is 103 Å². The van der Waals surface area contributed by atoms with E-state index >= 15 is 0 Å². The minimum Gasteiger partial charge on any atom is -0.356 e. The minimum absolute atomic E-state index is 0.279. The van der Waals surface area contributed by atoms with Gasteiger partial charge in [-0.2, -0.15) is 0 Å². The van der Waals surface area contributed by atoms with Crippen LogP contribution in [0, 0.1) is 6.92 Å². The number of imide groups is 1. The number of aromatic nitrogens is 1. The third-order valence-electron chi connectivity index (χ3n) is 8.13. The molecule has 0 bridgehead atoms. The summed E-state index contributed by atoms with van der Waals surface area (Å²) in [6.45, 7) is 2.35. The molecule has 4 aromatic carbocycles. The van der Waals surface area contributed by atoms with Crippen LogP contribution in [0.25, 0.3) is 10.9 Å². The van der Waals surface area contributed by atoms with Crippen LogP contribution >= 0.6 is 0 Å². The average Bonchev–Trinajstić information content (AvgIpc) is 3.50. The number of para-hydroxylation sites is 2. The van der Waals surface area contributed by atoms with Crippen LogP contribution in [0.4, 0.5) is 10.5 Å². The number of nitrogens with one attached hydrogen (secondary N) is 2. The van der Waals surface area contributed by atoms with Gasteiger partial charge < -0.3 is 10.3 Å². The summed E-state index contributed by atoms with van der Waals surface area (Å²) in [5.74, 6) is -0.673. The Labute approximate surface area is 237 Å². The van der Waals surface area contributed by atoms with Crippen LogP contribution in [-0.4, -0.2) is 33.8 Å². The molecule has 4 amide bonds. The molecule has 202 valence electrons. The lowest BCUT2D eigenvalue weighted by Crippen LogP contribution is -2.44. The van der Waals surface area contributed by atoms with Crippen molar-refractivity contribution in [3.8, 4) is 0 Å². The summed E-state index contributed by atoms with van der Waals surface area (Å²) in [6, 6.07) is 30.9. The molecular weight excluding hydrogens is 512 g/mol. The molecule has 2 N–H and O–H groups in total. The van der Waals surface area contributed by atoms with E-state index in [1.54, 1.807) is 29.2 Å². The highest BCUT2D eigenvalue weighted by Crippen LogP contribution is 2.45. The predicted octanol–water partition coefficient (Wildman–Crippen LogP) is 5.89. The monoisotopic (exact) mass is 540 g/mol. The maximum absolute atomic E-state index is 14.2. The Kier molecular flexibility index (Phi) is 5.93. The maximum Gasteiger partial charge on any atom is 0.332 e. The van der Waals surface area contributed by atoms with Crippen molar-refractivity contribution < 1.29 is 14.4 Å². The van der Waals surface area contributed by atoms with E-state index < -0.39 is 18.1 Å². The van der Waals surface area contributed by atoms with Gasteiger partial charge in [0.1, 0.15) is 12.1 Å². The number of aromatic amines is 1. The summed E-state index contributed by atoms with van der Waals surface area (Å²) in [6.07, 6.45) is 0.394. The second-order valence-corrected chi connectivity index (χ2v) is 10.6. The minimum atomic E-state index is -0.692. The van der Waals surface area contributed by atoms with Gasteiger partial charge in [0.25, 0.3) is 11.8 Å². The predicted molar refractivity (Wildman–Crippen MR) is 158 cm³/mol. The number of H-pyrrole nitrogens is 1. The summed E-state index contributed by atoms with van der Waals surface area (Å²) in [5, 5.41) is 4.00. The number of benzene rings is 4. The Balaban J connectivity index is 1.26. The Morgan fingerprint density at radius 3 is 2.39 bits per heavy atom. The van der Waals surface area contributed by atoms with E-state index in [2.05, 4.69) is 16.4 Å². The molecule has 0 unspecified atom stereocenters. The number of hydrogen-bond donors (Lipinski definition) is 2. The first-order valence-electron chi connectivity index (χ1n) is 13.7. The summed E-state index contributed by atoms with van der Waals surface area (Å²) in [5.41, 5.74) is 6.53. The number of fused-ring (bicyclic) bond motifs is 4. The molecule has 2 aliphatic heterocycles. The fourth-order valence-corrected chi connectivity index (χ4v) is 6.12. The summed E-state index contributed by atoms with van der Waals surface area (Å²) < 4.78 is 0. The van der Waals surface area contributed by atoms with Crippen LogP contribution in [-0.2, 0) is 17.8 Å². The molecule has 1 saturated heterocycles. The summed E-state index contributed by atoms with van der Waals surface area (Å²) in [7, 11) is 0. The molecule has 2 atom stereocenters. The molecular formula is C34H28N4O3. The second kappa shape index (κ2) is 9.78. The van der Waals surface area contributed by atoms with Crippen molar-refractivity contribution in [3.63, 3.8) is 0 Å². The number of carbonyl (C=O) groups excluding carboxylic acids is 3. The normalized spacial score (nSPS) is 18.0. The van der Waals surface area contributed by atoms with E-state index in [0.29, 0.717) is 18.7 Å². The molecule has 7 nitrogen and oxygen atoms in total. The van der Waals surface area contributed by atoms with Crippen molar-refractivity contribution in [2.45, 2.75) is 32.0 Å². The van der Waals surface area contributed by atoms with E-state index in [4.69, 9.17) is 0 Å². The molecule has 41 heavy (non-hydrogen) atoms. The Bertz CT molecular complexity index is 1810. The zero-order chi connectivity index (χ0) is 28.1. The molecule has 3 heterocycles. The van der Waals surface area contributed by atoms with Gasteiger partial charge in [0.05, 0.1) is 11.3 Å². The zero-order valence-electron chi connectivity index (χ0n) is 22.5. The van der Waals surface area contributed by atoms with Crippen LogP contribution in [0.2, 0.25) is 0 Å². The smallest absolute Gasteiger partial charge is 0.332 e. The number of urea groups is 1. The number of amides is 4. The Morgan fingerprint density at radius 1 is 0.878 bits per heavy atom. The molecule has 0 aliphatic carbocycles. The van der Waals surface area contributed by atoms with Crippen molar-refractivity contribution in [3.05, 3.63) is 137 Å². The SMILES string of the molecule is Cc1ccc(CNC(=O)c2ccccc2N2C(=O)[C@@H]3Cc4c([nH]c5ccccc45)[C@H](c4ccccc4)N3C2=O)cc1. The summed E-state index contributed by atoms with van der Waals surface area (Å²) in [4.78, 5) is 48.1. The van der Waals surface area contributed by atoms with E-state index in [-0.39, 0.29) is 17.4 Å². The quantitative estimate of drug-likeness (QED) is 0.273. The lowest BCUT2D eigenvalue weighted by molar-refractivity contribution is -0.120. The Hall–Kier alpha value is -5.17. The van der Waals surface area contributed by atoms with E-state index in [1.165, 1.54) is 4.90 Å². The molecule has 0 radical (unpaired) electrons. The van der Waals surface area contributed by atoms with Gasteiger partial charge in [-0.25, -0.2) is 9.69 Å². The van der Waals surface area contributed by atoms with Crippen molar-refractivity contribution in [2.24, 2.45) is 0 Å². The van der Waals surface area contributed by atoms with Gasteiger partial charge in [-0.3, -0.25) is 14.5 Å². The average molecular weight is 541 g/mol. The first-order chi connectivity index (χ1) is 20.0. The molecule has 0 spiro atoms. The second-order valence-electron chi connectivity index (χ2n) is 10.6. The fourth-order valence-electron chi connectivity index (χ4n) is 6.12. The topological polar surface area (TPSA) is 85.5 Å². The van der Waals surface area contributed by atoms with Crippen LogP contribution in [0.3, 0.4) is 0 Å². The maximum atomic E-state index is 14.2. The first-order valence-corrected chi connectivity index (χ1v) is 13.7. The van der Waals surface area contributed by atoms with Crippen LogP contribution in [0.1, 0.15) is 44.3 Å². The highest BCUT2D eigenvalue weighted by Gasteiger charge is 2.53. The standard InChI is InChI=1S/C34H28N4O3/c1-21-15-17-22(18-16-21)20-35-32(39)25-12-6-8-14-28(25)38-33(40)29-19-26-24-11-5-7-13-27(24)36-30(26)31(37(29)34(38)41)23-9-3-2-4-10-23/h2-18,29,31,36H,19-20H2,1H3,(H,35,39)/t29-,31-/m0/s1. The number of anilines is 1. The molecule has 0 saturated carbocycles. The number of hydrogen-bond acceptors (Lipinski definition) is 3. The van der Waals surface area contributed by atoms with Gasteiger partial charge in [-0.15, -0.1) is 0 Å². The van der Waals surface area contributed by atoms with Gasteiger partial charge >= 0.3 is 6.03 Å². The van der Waals surface area contributed by atoms with E-state index in [9.17, 15) is 14.4 Å². The number of nitrogens with zero attached hydrogens (tertiary/aromatic N) is 2.